The van der Waals surface area contributed by atoms with E-state index < -0.39 is 16.1 Å². The molecule has 2 heterocycles. The summed E-state index contributed by atoms with van der Waals surface area (Å²) in [6, 6.07) is 11.3. The lowest BCUT2D eigenvalue weighted by molar-refractivity contribution is 0.145. The van der Waals surface area contributed by atoms with Crippen molar-refractivity contribution in [3.63, 3.8) is 0 Å². The van der Waals surface area contributed by atoms with E-state index in [1.54, 1.807) is 11.5 Å². The smallest absolute Gasteiger partial charge is 0.322 e. The molecule has 1 fully saturated rings. The van der Waals surface area contributed by atoms with Gasteiger partial charge < -0.3 is 14.7 Å². The Morgan fingerprint density at radius 3 is 2.57 bits per heavy atom. The molecule has 0 radical (unpaired) electrons. The molecule has 0 unspecified atom stereocenters. The number of hydrogen-bond donors (Lipinski definition) is 2. The molecule has 188 valence electrons. The Kier molecular flexibility index (Phi) is 7.87. The minimum absolute atomic E-state index is 0.000154. The fourth-order valence-corrected chi connectivity index (χ4v) is 5.55. The molecule has 0 bridgehead atoms. The van der Waals surface area contributed by atoms with Crippen LogP contribution >= 0.6 is 23.2 Å². The summed E-state index contributed by atoms with van der Waals surface area (Å²) in [5, 5.41) is 18.5. The van der Waals surface area contributed by atoms with Crippen LogP contribution in [0, 0.1) is 0 Å². The minimum atomic E-state index is -3.88. The number of anilines is 1. The minimum Gasteiger partial charge on any atom is -0.424 e. The Balaban J connectivity index is 1.51. The number of rotatable bonds is 8. The Morgan fingerprint density at radius 1 is 1.14 bits per heavy atom. The standard InChI is InChI=1S/C23H27Cl2N5O4S/c1-3-30-22(15(2)28-35(32,33)19-7-8-20(24)21(25)14-19)26-27-23(30)34-18-6-4-5-16(13-18)29-11-9-17(31)10-12-29/h4-8,13-15,17,28,31H,3,9-12H2,1-2H3/t15-/m1/s1. The molecule has 1 aliphatic rings. The molecule has 4 rings (SSSR count). The Hall–Kier alpha value is -2.37. The molecule has 1 saturated heterocycles. The predicted molar refractivity (Wildman–Crippen MR) is 135 cm³/mol. The first-order chi connectivity index (χ1) is 16.7. The van der Waals surface area contributed by atoms with Gasteiger partial charge in [-0.3, -0.25) is 4.57 Å². The van der Waals surface area contributed by atoms with Crippen LogP contribution in [0.2, 0.25) is 10.0 Å². The number of aliphatic hydroxyl groups is 1. The highest BCUT2D eigenvalue weighted by Gasteiger charge is 2.25. The maximum Gasteiger partial charge on any atom is 0.322 e. The summed E-state index contributed by atoms with van der Waals surface area (Å²) >= 11 is 11.9. The van der Waals surface area contributed by atoms with E-state index in [2.05, 4.69) is 19.8 Å². The Labute approximate surface area is 214 Å². The number of ether oxygens (including phenoxy) is 1. The third-order valence-electron chi connectivity index (χ3n) is 5.84. The maximum atomic E-state index is 12.9. The van der Waals surface area contributed by atoms with Crippen molar-refractivity contribution in [2.45, 2.75) is 50.3 Å². The topological polar surface area (TPSA) is 110 Å². The molecular formula is C23H27Cl2N5O4S. The van der Waals surface area contributed by atoms with E-state index in [4.69, 9.17) is 27.9 Å². The molecule has 1 aromatic heterocycles. The van der Waals surface area contributed by atoms with Crippen molar-refractivity contribution < 1.29 is 18.3 Å². The quantitative estimate of drug-likeness (QED) is 0.436. The number of halogens is 2. The first-order valence-corrected chi connectivity index (χ1v) is 13.5. The van der Waals surface area contributed by atoms with Crippen molar-refractivity contribution in [1.29, 1.82) is 0 Å². The van der Waals surface area contributed by atoms with Crippen LogP contribution in [-0.4, -0.2) is 47.5 Å². The van der Waals surface area contributed by atoms with E-state index in [0.717, 1.165) is 31.6 Å². The number of benzene rings is 2. The zero-order chi connectivity index (χ0) is 25.2. The van der Waals surface area contributed by atoms with Crippen molar-refractivity contribution in [2.75, 3.05) is 18.0 Å². The van der Waals surface area contributed by atoms with Crippen LogP contribution in [0.3, 0.4) is 0 Å². The van der Waals surface area contributed by atoms with Crippen LogP contribution in [0.25, 0.3) is 0 Å². The molecule has 0 aliphatic carbocycles. The highest BCUT2D eigenvalue weighted by Crippen LogP contribution is 2.29. The summed E-state index contributed by atoms with van der Waals surface area (Å²) < 4.78 is 36.1. The normalized spacial score (nSPS) is 15.9. The van der Waals surface area contributed by atoms with Gasteiger partial charge >= 0.3 is 6.01 Å². The van der Waals surface area contributed by atoms with Crippen molar-refractivity contribution in [3.05, 3.63) is 58.3 Å². The summed E-state index contributed by atoms with van der Waals surface area (Å²) in [6.07, 6.45) is 1.21. The van der Waals surface area contributed by atoms with Crippen molar-refractivity contribution in [3.8, 4) is 11.8 Å². The second-order valence-electron chi connectivity index (χ2n) is 8.32. The number of piperidine rings is 1. The second kappa shape index (κ2) is 10.7. The van der Waals surface area contributed by atoms with Gasteiger partial charge in [0.1, 0.15) is 5.75 Å². The SMILES string of the molecule is CCn1c(Oc2cccc(N3CCC(O)CC3)c2)nnc1[C@@H](C)NS(=O)(=O)c1ccc(Cl)c(Cl)c1. The first-order valence-electron chi connectivity index (χ1n) is 11.3. The number of sulfonamides is 1. The van der Waals surface area contributed by atoms with Crippen LogP contribution in [0.5, 0.6) is 11.8 Å². The highest BCUT2D eigenvalue weighted by molar-refractivity contribution is 7.89. The van der Waals surface area contributed by atoms with Gasteiger partial charge in [-0.05, 0) is 57.0 Å². The molecule has 9 nitrogen and oxygen atoms in total. The third-order valence-corrected chi connectivity index (χ3v) is 8.12. The van der Waals surface area contributed by atoms with Gasteiger partial charge in [-0.25, -0.2) is 13.1 Å². The lowest BCUT2D eigenvalue weighted by atomic mass is 10.1. The largest absolute Gasteiger partial charge is 0.424 e. The number of nitrogens with one attached hydrogen (secondary N) is 1. The fraction of sp³-hybridized carbons (Fsp3) is 0.391. The zero-order valence-corrected chi connectivity index (χ0v) is 21.7. The fourth-order valence-electron chi connectivity index (χ4n) is 3.96. The van der Waals surface area contributed by atoms with Gasteiger partial charge in [0.05, 0.1) is 27.1 Å². The predicted octanol–water partition coefficient (Wildman–Crippen LogP) is 4.40. The van der Waals surface area contributed by atoms with Crippen LogP contribution in [0.1, 0.15) is 38.6 Å². The van der Waals surface area contributed by atoms with Crippen LogP contribution < -0.4 is 14.4 Å². The van der Waals surface area contributed by atoms with Crippen LogP contribution in [0.15, 0.2) is 47.4 Å². The summed E-state index contributed by atoms with van der Waals surface area (Å²) in [7, 11) is -3.88. The van der Waals surface area contributed by atoms with E-state index in [1.165, 1.54) is 18.2 Å². The summed E-state index contributed by atoms with van der Waals surface area (Å²) in [5.41, 5.74) is 1.000. The van der Waals surface area contributed by atoms with Gasteiger partial charge in [-0.2, -0.15) is 0 Å². The molecule has 35 heavy (non-hydrogen) atoms. The summed E-state index contributed by atoms with van der Waals surface area (Å²) in [6.45, 7) is 5.60. The summed E-state index contributed by atoms with van der Waals surface area (Å²) in [4.78, 5) is 2.20. The van der Waals surface area contributed by atoms with Gasteiger partial charge in [-0.15, -0.1) is 5.10 Å². The maximum absolute atomic E-state index is 12.9. The van der Waals surface area contributed by atoms with E-state index in [-0.39, 0.29) is 27.1 Å². The number of aliphatic hydroxyl groups excluding tert-OH is 1. The monoisotopic (exact) mass is 539 g/mol. The molecule has 3 aromatic rings. The van der Waals surface area contributed by atoms with E-state index in [9.17, 15) is 13.5 Å². The Bertz CT molecular complexity index is 1290. The van der Waals surface area contributed by atoms with Gasteiger partial charge in [-0.1, -0.05) is 34.4 Å². The average molecular weight is 540 g/mol. The molecule has 0 saturated carbocycles. The molecule has 12 heteroatoms. The molecule has 0 amide bonds. The molecule has 1 aliphatic heterocycles. The molecule has 0 spiro atoms. The summed E-state index contributed by atoms with van der Waals surface area (Å²) in [5.74, 6) is 0.999. The van der Waals surface area contributed by atoms with Gasteiger partial charge in [0.15, 0.2) is 5.82 Å². The molecular weight excluding hydrogens is 513 g/mol. The Morgan fingerprint density at radius 2 is 1.89 bits per heavy atom. The van der Waals surface area contributed by atoms with E-state index >= 15 is 0 Å². The van der Waals surface area contributed by atoms with E-state index in [0.29, 0.717) is 18.1 Å². The number of aromatic nitrogens is 3. The van der Waals surface area contributed by atoms with Gasteiger partial charge in [0, 0.05) is 31.4 Å². The second-order valence-corrected chi connectivity index (χ2v) is 10.8. The highest BCUT2D eigenvalue weighted by atomic mass is 35.5. The van der Waals surface area contributed by atoms with Crippen molar-refractivity contribution in [1.82, 2.24) is 19.5 Å². The lowest BCUT2D eigenvalue weighted by Gasteiger charge is -2.31. The van der Waals surface area contributed by atoms with Gasteiger partial charge in [0.2, 0.25) is 10.0 Å². The van der Waals surface area contributed by atoms with Crippen LogP contribution in [-0.2, 0) is 16.6 Å². The van der Waals surface area contributed by atoms with Crippen molar-refractivity contribution >= 4 is 38.9 Å². The van der Waals surface area contributed by atoms with Crippen LogP contribution in [0.4, 0.5) is 5.69 Å². The molecule has 2 N–H and O–H groups in total. The van der Waals surface area contributed by atoms with E-state index in [1.807, 2.05) is 31.2 Å². The molecule has 2 aromatic carbocycles. The average Bonchev–Trinajstić information content (AvgIpc) is 3.23. The third kappa shape index (κ3) is 5.90. The first kappa shape index (κ1) is 25.7. The number of hydrogen-bond acceptors (Lipinski definition) is 7. The number of nitrogens with zero attached hydrogens (tertiary/aromatic N) is 4. The lowest BCUT2D eigenvalue weighted by Crippen LogP contribution is -2.35. The van der Waals surface area contributed by atoms with Gasteiger partial charge in [0.25, 0.3) is 0 Å². The zero-order valence-electron chi connectivity index (χ0n) is 19.4. The van der Waals surface area contributed by atoms with Crippen molar-refractivity contribution in [2.24, 2.45) is 0 Å². The molecule has 1 atom stereocenters.